The Bertz CT molecular complexity index is 1370. The third-order valence-corrected chi connectivity index (χ3v) is 8.85. The van der Waals surface area contributed by atoms with E-state index in [-0.39, 0.29) is 41.5 Å². The molecule has 0 saturated carbocycles. The van der Waals surface area contributed by atoms with Crippen molar-refractivity contribution in [1.29, 1.82) is 0 Å². The lowest BCUT2D eigenvalue weighted by Crippen LogP contribution is -2.45. The number of sulfone groups is 1. The Balaban J connectivity index is 1.68. The standard InChI is InChI=1S/C24H29N3O4S2/c1-15(2)10-27(19-7-8-33(30,31)13-19)21(28)11-26-14-25-23-22(24(26)29)20(12-32-23)18-6-5-16(3)17(4)9-18/h5-6,9,12,14-15,19H,7-8,10-11,13H2,1-4H3/t19-/m1/s1. The molecule has 3 heterocycles. The van der Waals surface area contributed by atoms with Gasteiger partial charge in [0.05, 0.1) is 23.2 Å². The van der Waals surface area contributed by atoms with Crippen LogP contribution in [0.15, 0.2) is 34.7 Å². The summed E-state index contributed by atoms with van der Waals surface area (Å²) in [5.74, 6) is 0.0141. The Labute approximate surface area is 198 Å². The molecule has 7 nitrogen and oxygen atoms in total. The molecule has 1 aliphatic rings. The van der Waals surface area contributed by atoms with Gasteiger partial charge >= 0.3 is 0 Å². The maximum absolute atomic E-state index is 13.4. The first-order valence-corrected chi connectivity index (χ1v) is 13.8. The second-order valence-electron chi connectivity index (χ2n) is 9.30. The summed E-state index contributed by atoms with van der Waals surface area (Å²) >= 11 is 1.41. The molecule has 0 radical (unpaired) electrons. The summed E-state index contributed by atoms with van der Waals surface area (Å²) in [7, 11) is -3.13. The molecule has 0 spiro atoms. The van der Waals surface area contributed by atoms with Crippen molar-refractivity contribution in [1.82, 2.24) is 14.5 Å². The largest absolute Gasteiger partial charge is 0.337 e. The van der Waals surface area contributed by atoms with Crippen LogP contribution in [-0.2, 0) is 21.2 Å². The summed E-state index contributed by atoms with van der Waals surface area (Å²) in [6.45, 7) is 8.36. The third-order valence-electron chi connectivity index (χ3n) is 6.22. The molecule has 2 aromatic heterocycles. The van der Waals surface area contributed by atoms with E-state index in [2.05, 4.69) is 11.1 Å². The van der Waals surface area contributed by atoms with E-state index >= 15 is 0 Å². The van der Waals surface area contributed by atoms with Gasteiger partial charge in [-0.1, -0.05) is 32.0 Å². The minimum Gasteiger partial charge on any atom is -0.337 e. The van der Waals surface area contributed by atoms with Crippen LogP contribution < -0.4 is 5.56 Å². The van der Waals surface area contributed by atoms with Crippen molar-refractivity contribution in [3.63, 3.8) is 0 Å². The number of fused-ring (bicyclic) bond motifs is 1. The van der Waals surface area contributed by atoms with E-state index in [1.165, 1.54) is 27.8 Å². The van der Waals surface area contributed by atoms with Crippen molar-refractivity contribution in [3.05, 3.63) is 51.4 Å². The summed E-state index contributed by atoms with van der Waals surface area (Å²) in [4.78, 5) is 33.4. The maximum atomic E-state index is 13.4. The van der Waals surface area contributed by atoms with Crippen LogP contribution in [-0.4, -0.2) is 52.9 Å². The van der Waals surface area contributed by atoms with Crippen LogP contribution >= 0.6 is 11.3 Å². The zero-order valence-corrected chi connectivity index (χ0v) is 21.0. The number of hydrogen-bond donors (Lipinski definition) is 0. The average Bonchev–Trinajstić information content (AvgIpc) is 3.33. The zero-order chi connectivity index (χ0) is 23.9. The van der Waals surface area contributed by atoms with Gasteiger partial charge in [-0.15, -0.1) is 11.3 Å². The van der Waals surface area contributed by atoms with E-state index in [0.29, 0.717) is 23.2 Å². The minimum atomic E-state index is -3.13. The van der Waals surface area contributed by atoms with E-state index in [1.54, 1.807) is 4.90 Å². The number of hydrogen-bond acceptors (Lipinski definition) is 6. The van der Waals surface area contributed by atoms with Crippen LogP contribution in [0.3, 0.4) is 0 Å². The van der Waals surface area contributed by atoms with Crippen LogP contribution in [0, 0.1) is 19.8 Å². The van der Waals surface area contributed by atoms with Crippen molar-refractivity contribution in [2.75, 3.05) is 18.1 Å². The monoisotopic (exact) mass is 487 g/mol. The zero-order valence-electron chi connectivity index (χ0n) is 19.4. The van der Waals surface area contributed by atoms with Gasteiger partial charge in [-0.3, -0.25) is 14.2 Å². The van der Waals surface area contributed by atoms with Gasteiger partial charge in [0.2, 0.25) is 5.91 Å². The van der Waals surface area contributed by atoms with Crippen LogP contribution in [0.5, 0.6) is 0 Å². The Morgan fingerprint density at radius 3 is 2.67 bits per heavy atom. The minimum absolute atomic E-state index is 0.0148. The molecule has 3 aromatic rings. The van der Waals surface area contributed by atoms with Crippen molar-refractivity contribution >= 4 is 37.3 Å². The van der Waals surface area contributed by atoms with E-state index in [4.69, 9.17) is 0 Å². The molecular formula is C24H29N3O4S2. The topological polar surface area (TPSA) is 89.3 Å². The van der Waals surface area contributed by atoms with Gasteiger partial charge in [-0.2, -0.15) is 0 Å². The molecule has 1 fully saturated rings. The molecule has 0 bridgehead atoms. The van der Waals surface area contributed by atoms with Crippen LogP contribution in [0.4, 0.5) is 0 Å². The van der Waals surface area contributed by atoms with E-state index in [9.17, 15) is 18.0 Å². The predicted octanol–water partition coefficient (Wildman–Crippen LogP) is 3.41. The number of carbonyl (C=O) groups excluding carboxylic acids is 1. The number of carbonyl (C=O) groups is 1. The van der Waals surface area contributed by atoms with E-state index < -0.39 is 9.84 Å². The number of thiophene rings is 1. The summed E-state index contributed by atoms with van der Waals surface area (Å²) < 4.78 is 25.3. The Kier molecular flexibility index (Phi) is 6.46. The summed E-state index contributed by atoms with van der Waals surface area (Å²) in [6, 6.07) is 5.75. The lowest BCUT2D eigenvalue weighted by atomic mass is 10.0. The highest BCUT2D eigenvalue weighted by molar-refractivity contribution is 7.91. The Hall–Kier alpha value is -2.52. The van der Waals surface area contributed by atoms with Crippen molar-refractivity contribution in [2.24, 2.45) is 5.92 Å². The first kappa shape index (κ1) is 23.6. The quantitative estimate of drug-likeness (QED) is 0.532. The second kappa shape index (κ2) is 9.02. The van der Waals surface area contributed by atoms with Gasteiger partial charge in [-0.25, -0.2) is 13.4 Å². The molecule has 4 rings (SSSR count). The van der Waals surface area contributed by atoms with Gasteiger partial charge in [0.25, 0.3) is 5.56 Å². The van der Waals surface area contributed by atoms with Gasteiger partial charge in [0, 0.05) is 23.5 Å². The van der Waals surface area contributed by atoms with Crippen molar-refractivity contribution in [3.8, 4) is 11.1 Å². The molecule has 176 valence electrons. The van der Waals surface area contributed by atoms with Crippen LogP contribution in [0.2, 0.25) is 0 Å². The molecule has 0 N–H and O–H groups in total. The molecule has 9 heteroatoms. The Morgan fingerprint density at radius 2 is 2.03 bits per heavy atom. The SMILES string of the molecule is Cc1ccc(-c2csc3ncn(CC(=O)N(CC(C)C)[C@@H]4CCS(=O)(=O)C4)c(=O)c23)cc1C. The lowest BCUT2D eigenvalue weighted by Gasteiger charge is -2.30. The third kappa shape index (κ3) is 4.89. The first-order valence-electron chi connectivity index (χ1n) is 11.1. The fourth-order valence-electron chi connectivity index (χ4n) is 4.31. The van der Waals surface area contributed by atoms with Gasteiger partial charge in [0.15, 0.2) is 9.84 Å². The summed E-state index contributed by atoms with van der Waals surface area (Å²) in [5.41, 5.74) is 3.83. The normalized spacial score (nSPS) is 17.7. The highest BCUT2D eigenvalue weighted by atomic mass is 32.2. The Morgan fingerprint density at radius 1 is 1.27 bits per heavy atom. The number of benzene rings is 1. The molecule has 1 aromatic carbocycles. The molecule has 1 saturated heterocycles. The van der Waals surface area contributed by atoms with Crippen molar-refractivity contribution in [2.45, 2.75) is 46.7 Å². The smallest absolute Gasteiger partial charge is 0.263 e. The number of aromatic nitrogens is 2. The highest BCUT2D eigenvalue weighted by Crippen LogP contribution is 2.31. The second-order valence-corrected chi connectivity index (χ2v) is 12.4. The molecule has 0 unspecified atom stereocenters. The van der Waals surface area contributed by atoms with E-state index in [0.717, 1.165) is 16.7 Å². The number of amides is 1. The molecular weight excluding hydrogens is 458 g/mol. The van der Waals surface area contributed by atoms with Crippen LogP contribution in [0.1, 0.15) is 31.4 Å². The number of nitrogens with zero attached hydrogens (tertiary/aromatic N) is 3. The average molecular weight is 488 g/mol. The van der Waals surface area contributed by atoms with Gasteiger partial charge < -0.3 is 4.90 Å². The molecule has 33 heavy (non-hydrogen) atoms. The molecule has 1 amide bonds. The summed E-state index contributed by atoms with van der Waals surface area (Å²) in [5, 5.41) is 2.45. The predicted molar refractivity (Wildman–Crippen MR) is 132 cm³/mol. The van der Waals surface area contributed by atoms with Gasteiger partial charge in [0.1, 0.15) is 11.4 Å². The molecule has 0 aliphatic carbocycles. The lowest BCUT2D eigenvalue weighted by molar-refractivity contribution is -0.134. The number of aryl methyl sites for hydroxylation is 2. The fraction of sp³-hybridized carbons (Fsp3) is 0.458. The maximum Gasteiger partial charge on any atom is 0.263 e. The summed E-state index contributed by atoms with van der Waals surface area (Å²) in [6.07, 6.45) is 1.86. The van der Waals surface area contributed by atoms with Gasteiger partial charge in [-0.05, 0) is 42.9 Å². The number of rotatable bonds is 6. The first-order chi connectivity index (χ1) is 15.6. The fourth-order valence-corrected chi connectivity index (χ4v) is 6.94. The van der Waals surface area contributed by atoms with Crippen molar-refractivity contribution < 1.29 is 13.2 Å². The van der Waals surface area contributed by atoms with Crippen LogP contribution in [0.25, 0.3) is 21.3 Å². The molecule has 1 atom stereocenters. The molecule has 1 aliphatic heterocycles. The van der Waals surface area contributed by atoms with E-state index in [1.807, 2.05) is 45.2 Å². The highest BCUT2D eigenvalue weighted by Gasteiger charge is 2.35.